The first kappa shape index (κ1) is 15.0. The van der Waals surface area contributed by atoms with Crippen molar-refractivity contribution in [3.05, 3.63) is 65.0 Å². The fourth-order valence-electron chi connectivity index (χ4n) is 1.88. The molecule has 110 valence electrons. The van der Waals surface area contributed by atoms with Crippen LogP contribution in [0.1, 0.15) is 21.5 Å². The zero-order valence-corrected chi connectivity index (χ0v) is 11.5. The van der Waals surface area contributed by atoms with Crippen LogP contribution in [0.5, 0.6) is 5.75 Å². The topological polar surface area (TPSA) is 55.8 Å². The molecular weight excluding hydrogens is 275 g/mol. The van der Waals surface area contributed by atoms with E-state index in [1.165, 1.54) is 12.1 Å². The summed E-state index contributed by atoms with van der Waals surface area (Å²) >= 11 is 0. The van der Waals surface area contributed by atoms with Crippen molar-refractivity contribution < 1.29 is 23.8 Å². The lowest BCUT2D eigenvalue weighted by Crippen LogP contribution is -2.02. The lowest BCUT2D eigenvalue weighted by molar-refractivity contribution is 0.0691. The van der Waals surface area contributed by atoms with E-state index in [9.17, 15) is 9.18 Å². The molecule has 1 N–H and O–H groups in total. The SMILES string of the molecule is COc1cccc(COCc2ccc(F)c(C(=O)O)c2)c1. The van der Waals surface area contributed by atoms with Crippen LogP contribution in [-0.2, 0) is 18.0 Å². The van der Waals surface area contributed by atoms with Crippen LogP contribution in [0, 0.1) is 5.82 Å². The number of rotatable bonds is 6. The number of halogens is 1. The van der Waals surface area contributed by atoms with Gasteiger partial charge in [0.05, 0.1) is 25.9 Å². The highest BCUT2D eigenvalue weighted by atomic mass is 19.1. The summed E-state index contributed by atoms with van der Waals surface area (Å²) < 4.78 is 23.9. The van der Waals surface area contributed by atoms with Gasteiger partial charge < -0.3 is 14.6 Å². The lowest BCUT2D eigenvalue weighted by Gasteiger charge is -2.07. The third-order valence-electron chi connectivity index (χ3n) is 2.93. The fourth-order valence-corrected chi connectivity index (χ4v) is 1.88. The maximum atomic E-state index is 13.3. The summed E-state index contributed by atoms with van der Waals surface area (Å²) in [6, 6.07) is 11.4. The van der Waals surface area contributed by atoms with Crippen molar-refractivity contribution in [1.29, 1.82) is 0 Å². The monoisotopic (exact) mass is 290 g/mol. The summed E-state index contributed by atoms with van der Waals surface area (Å²) in [5.41, 5.74) is 1.20. The van der Waals surface area contributed by atoms with Gasteiger partial charge in [0.1, 0.15) is 11.6 Å². The van der Waals surface area contributed by atoms with E-state index in [1.807, 2.05) is 24.3 Å². The van der Waals surface area contributed by atoms with Crippen LogP contribution in [0.3, 0.4) is 0 Å². The summed E-state index contributed by atoms with van der Waals surface area (Å²) in [4.78, 5) is 10.8. The van der Waals surface area contributed by atoms with Crippen molar-refractivity contribution in [2.45, 2.75) is 13.2 Å². The molecule has 0 radical (unpaired) electrons. The van der Waals surface area contributed by atoms with E-state index in [0.29, 0.717) is 12.2 Å². The molecule has 2 aromatic rings. The fraction of sp³-hybridized carbons (Fsp3) is 0.188. The number of benzene rings is 2. The summed E-state index contributed by atoms with van der Waals surface area (Å²) in [6.07, 6.45) is 0. The standard InChI is InChI=1S/C16H15FO4/c1-20-13-4-2-3-11(7-13)9-21-10-12-5-6-15(17)14(8-12)16(18)19/h2-8H,9-10H2,1H3,(H,18,19). The van der Waals surface area contributed by atoms with E-state index in [4.69, 9.17) is 14.6 Å². The number of methoxy groups -OCH3 is 1. The van der Waals surface area contributed by atoms with Gasteiger partial charge >= 0.3 is 5.97 Å². The van der Waals surface area contributed by atoms with Crippen molar-refractivity contribution in [3.8, 4) is 5.75 Å². The summed E-state index contributed by atoms with van der Waals surface area (Å²) in [5, 5.41) is 8.86. The molecule has 2 rings (SSSR count). The maximum Gasteiger partial charge on any atom is 0.338 e. The van der Waals surface area contributed by atoms with Crippen molar-refractivity contribution in [2.75, 3.05) is 7.11 Å². The van der Waals surface area contributed by atoms with Crippen LogP contribution < -0.4 is 4.74 Å². The van der Waals surface area contributed by atoms with E-state index < -0.39 is 11.8 Å². The second-order valence-corrected chi connectivity index (χ2v) is 4.46. The molecule has 0 saturated heterocycles. The van der Waals surface area contributed by atoms with Gasteiger partial charge in [0, 0.05) is 0 Å². The third kappa shape index (κ3) is 4.03. The molecule has 0 bridgehead atoms. The number of hydrogen-bond donors (Lipinski definition) is 1. The molecule has 0 aliphatic heterocycles. The Labute approximate surface area is 121 Å². The maximum absolute atomic E-state index is 13.3. The van der Waals surface area contributed by atoms with Gasteiger partial charge in [-0.05, 0) is 35.4 Å². The Balaban J connectivity index is 1.97. The van der Waals surface area contributed by atoms with E-state index in [2.05, 4.69) is 0 Å². The minimum absolute atomic E-state index is 0.206. The first-order valence-corrected chi connectivity index (χ1v) is 6.32. The van der Waals surface area contributed by atoms with E-state index in [-0.39, 0.29) is 12.2 Å². The molecule has 0 spiro atoms. The highest BCUT2D eigenvalue weighted by Crippen LogP contribution is 2.15. The predicted molar refractivity (Wildman–Crippen MR) is 74.8 cm³/mol. The lowest BCUT2D eigenvalue weighted by atomic mass is 10.1. The first-order valence-electron chi connectivity index (χ1n) is 6.32. The van der Waals surface area contributed by atoms with Crippen molar-refractivity contribution in [1.82, 2.24) is 0 Å². The average Bonchev–Trinajstić information content (AvgIpc) is 2.49. The van der Waals surface area contributed by atoms with Crippen LogP contribution in [0.2, 0.25) is 0 Å². The molecule has 0 amide bonds. The van der Waals surface area contributed by atoms with Gasteiger partial charge in [-0.15, -0.1) is 0 Å². The number of carboxylic acid groups (broad SMARTS) is 1. The largest absolute Gasteiger partial charge is 0.497 e. The molecule has 0 atom stereocenters. The van der Waals surface area contributed by atoms with Crippen LogP contribution in [0.4, 0.5) is 4.39 Å². The second-order valence-electron chi connectivity index (χ2n) is 4.46. The smallest absolute Gasteiger partial charge is 0.338 e. The molecule has 0 aromatic heterocycles. The van der Waals surface area contributed by atoms with Gasteiger partial charge in [-0.3, -0.25) is 0 Å². The summed E-state index contributed by atoms with van der Waals surface area (Å²) in [6.45, 7) is 0.564. The van der Waals surface area contributed by atoms with Crippen LogP contribution >= 0.6 is 0 Å². The number of ether oxygens (including phenoxy) is 2. The zero-order valence-electron chi connectivity index (χ0n) is 11.5. The van der Waals surface area contributed by atoms with Gasteiger partial charge in [0.15, 0.2) is 0 Å². The predicted octanol–water partition coefficient (Wildman–Crippen LogP) is 3.25. The zero-order chi connectivity index (χ0) is 15.2. The molecule has 0 aliphatic carbocycles. The van der Waals surface area contributed by atoms with Crippen molar-refractivity contribution in [3.63, 3.8) is 0 Å². The van der Waals surface area contributed by atoms with Gasteiger partial charge in [0.2, 0.25) is 0 Å². The number of aromatic carboxylic acids is 1. The van der Waals surface area contributed by atoms with Gasteiger partial charge in [0.25, 0.3) is 0 Å². The quantitative estimate of drug-likeness (QED) is 0.887. The Bertz CT molecular complexity index is 640. The Morgan fingerprint density at radius 1 is 1.14 bits per heavy atom. The molecule has 0 heterocycles. The number of carbonyl (C=O) groups is 1. The first-order chi connectivity index (χ1) is 10.1. The highest BCUT2D eigenvalue weighted by molar-refractivity contribution is 5.88. The van der Waals surface area contributed by atoms with Gasteiger partial charge in [-0.1, -0.05) is 18.2 Å². The second kappa shape index (κ2) is 6.85. The molecule has 0 fully saturated rings. The molecule has 2 aromatic carbocycles. The van der Waals surface area contributed by atoms with Gasteiger partial charge in [-0.2, -0.15) is 0 Å². The van der Waals surface area contributed by atoms with Crippen molar-refractivity contribution >= 4 is 5.97 Å². The minimum atomic E-state index is -1.29. The summed E-state index contributed by atoms with van der Waals surface area (Å²) in [5.74, 6) is -1.30. The average molecular weight is 290 g/mol. The Kier molecular flexibility index (Phi) is 4.90. The summed E-state index contributed by atoms with van der Waals surface area (Å²) in [7, 11) is 1.59. The molecular formula is C16H15FO4. The van der Waals surface area contributed by atoms with Crippen LogP contribution in [-0.4, -0.2) is 18.2 Å². The molecule has 0 aliphatic rings. The highest BCUT2D eigenvalue weighted by Gasteiger charge is 2.10. The van der Waals surface area contributed by atoms with Crippen molar-refractivity contribution in [2.24, 2.45) is 0 Å². The molecule has 0 unspecified atom stereocenters. The molecule has 4 nitrogen and oxygen atoms in total. The Hall–Kier alpha value is -2.40. The molecule has 5 heteroatoms. The van der Waals surface area contributed by atoms with Crippen LogP contribution in [0.25, 0.3) is 0 Å². The normalized spacial score (nSPS) is 10.4. The number of carboxylic acids is 1. The molecule has 0 saturated carbocycles. The van der Waals surface area contributed by atoms with E-state index >= 15 is 0 Å². The number of hydrogen-bond acceptors (Lipinski definition) is 3. The van der Waals surface area contributed by atoms with E-state index in [0.717, 1.165) is 17.4 Å². The van der Waals surface area contributed by atoms with Gasteiger partial charge in [-0.25, -0.2) is 9.18 Å². The van der Waals surface area contributed by atoms with E-state index in [1.54, 1.807) is 7.11 Å². The minimum Gasteiger partial charge on any atom is -0.497 e. The van der Waals surface area contributed by atoms with Crippen LogP contribution in [0.15, 0.2) is 42.5 Å². The molecule has 21 heavy (non-hydrogen) atoms. The third-order valence-corrected chi connectivity index (χ3v) is 2.93. The Morgan fingerprint density at radius 3 is 2.52 bits per heavy atom. The Morgan fingerprint density at radius 2 is 1.86 bits per heavy atom.